The molecule has 2 bridgehead atoms. The minimum atomic E-state index is -0.182. The molecule has 2 fully saturated rings. The molecule has 4 unspecified atom stereocenters. The van der Waals surface area contributed by atoms with Gasteiger partial charge < -0.3 is 10.4 Å². The topological polar surface area (TPSA) is 32.3 Å². The highest BCUT2D eigenvalue weighted by Crippen LogP contribution is 2.36. The highest BCUT2D eigenvalue weighted by Gasteiger charge is 2.41. The van der Waals surface area contributed by atoms with Crippen molar-refractivity contribution in [1.29, 1.82) is 0 Å². The number of rotatable bonds is 3. The minimum absolute atomic E-state index is 0.182. The maximum absolute atomic E-state index is 9.87. The fourth-order valence-electron chi connectivity index (χ4n) is 2.74. The van der Waals surface area contributed by atoms with Crippen LogP contribution in [0.15, 0.2) is 0 Å². The van der Waals surface area contributed by atoms with Crippen LogP contribution in [0.3, 0.4) is 0 Å². The molecule has 2 saturated heterocycles. The summed E-state index contributed by atoms with van der Waals surface area (Å²) in [6.07, 6.45) is 10.1. The Morgan fingerprint density at radius 3 is 2.92 bits per heavy atom. The van der Waals surface area contributed by atoms with Crippen molar-refractivity contribution in [3.8, 4) is 12.3 Å². The lowest BCUT2D eigenvalue weighted by atomic mass is 9.84. The maximum Gasteiger partial charge on any atom is 0.0592 e. The number of nitrogens with one attached hydrogen (secondary N) is 1. The van der Waals surface area contributed by atoms with Crippen LogP contribution in [-0.2, 0) is 0 Å². The Bertz CT molecular complexity index is 221. The molecule has 13 heavy (non-hydrogen) atoms. The van der Waals surface area contributed by atoms with E-state index in [1.165, 1.54) is 12.8 Å². The van der Waals surface area contributed by atoms with Gasteiger partial charge in [0.05, 0.1) is 6.10 Å². The summed E-state index contributed by atoms with van der Waals surface area (Å²) in [5.41, 5.74) is 0. The average Bonchev–Trinajstić information content (AvgIpc) is 2.74. The van der Waals surface area contributed by atoms with E-state index in [9.17, 15) is 5.11 Å². The zero-order valence-electron chi connectivity index (χ0n) is 7.87. The van der Waals surface area contributed by atoms with Crippen LogP contribution in [0.1, 0.15) is 32.1 Å². The normalized spacial score (nSPS) is 38.9. The second-order valence-corrected chi connectivity index (χ2v) is 4.26. The van der Waals surface area contributed by atoms with Crippen LogP contribution in [0.5, 0.6) is 0 Å². The molecule has 0 radical (unpaired) electrons. The fourth-order valence-corrected chi connectivity index (χ4v) is 2.74. The highest BCUT2D eigenvalue weighted by atomic mass is 16.3. The van der Waals surface area contributed by atoms with E-state index in [0.717, 1.165) is 12.8 Å². The van der Waals surface area contributed by atoms with Crippen molar-refractivity contribution in [3.05, 3.63) is 0 Å². The standard InChI is InChI=1S/C11H17NO/c1-2-3-4-11(13)9-7-8-5-6-10(9)12-8/h1,8-13H,3-7H2. The summed E-state index contributed by atoms with van der Waals surface area (Å²) in [7, 11) is 0. The number of hydrogen-bond donors (Lipinski definition) is 2. The highest BCUT2D eigenvalue weighted by molar-refractivity contribution is 5.00. The molecule has 2 aliphatic heterocycles. The van der Waals surface area contributed by atoms with Crippen molar-refractivity contribution in [1.82, 2.24) is 5.32 Å². The number of aliphatic hydroxyl groups is 1. The van der Waals surface area contributed by atoms with Crippen LogP contribution >= 0.6 is 0 Å². The quantitative estimate of drug-likeness (QED) is 0.631. The second kappa shape index (κ2) is 3.69. The van der Waals surface area contributed by atoms with Crippen molar-refractivity contribution >= 4 is 0 Å². The van der Waals surface area contributed by atoms with E-state index in [0.29, 0.717) is 24.4 Å². The van der Waals surface area contributed by atoms with Crippen LogP contribution in [-0.4, -0.2) is 23.3 Å². The Labute approximate surface area is 79.7 Å². The lowest BCUT2D eigenvalue weighted by Crippen LogP contribution is -2.31. The monoisotopic (exact) mass is 179 g/mol. The first-order valence-corrected chi connectivity index (χ1v) is 5.19. The van der Waals surface area contributed by atoms with Crippen LogP contribution in [0, 0.1) is 18.3 Å². The Morgan fingerprint density at radius 1 is 1.54 bits per heavy atom. The maximum atomic E-state index is 9.87. The van der Waals surface area contributed by atoms with Gasteiger partial charge in [0, 0.05) is 24.4 Å². The Morgan fingerprint density at radius 2 is 2.38 bits per heavy atom. The van der Waals surface area contributed by atoms with Crippen LogP contribution < -0.4 is 5.32 Å². The molecule has 0 spiro atoms. The molecule has 0 aliphatic carbocycles. The Balaban J connectivity index is 1.84. The number of terminal acetylenes is 1. The smallest absolute Gasteiger partial charge is 0.0592 e. The van der Waals surface area contributed by atoms with Gasteiger partial charge in [-0.1, -0.05) is 0 Å². The summed E-state index contributed by atoms with van der Waals surface area (Å²) < 4.78 is 0. The molecule has 0 saturated carbocycles. The van der Waals surface area contributed by atoms with Gasteiger partial charge in [-0.25, -0.2) is 0 Å². The molecule has 2 aliphatic rings. The molecule has 2 heteroatoms. The van der Waals surface area contributed by atoms with E-state index in [1.807, 2.05) is 0 Å². The van der Waals surface area contributed by atoms with E-state index in [2.05, 4.69) is 11.2 Å². The van der Waals surface area contributed by atoms with Crippen LogP contribution in [0.2, 0.25) is 0 Å². The van der Waals surface area contributed by atoms with E-state index in [-0.39, 0.29) is 6.10 Å². The van der Waals surface area contributed by atoms with Gasteiger partial charge in [0.2, 0.25) is 0 Å². The van der Waals surface area contributed by atoms with E-state index >= 15 is 0 Å². The molecule has 2 N–H and O–H groups in total. The summed E-state index contributed by atoms with van der Waals surface area (Å²) in [6.45, 7) is 0. The zero-order chi connectivity index (χ0) is 9.26. The zero-order valence-corrected chi connectivity index (χ0v) is 7.87. The van der Waals surface area contributed by atoms with Gasteiger partial charge >= 0.3 is 0 Å². The molecule has 0 aromatic rings. The molecule has 0 aromatic heterocycles. The third-order valence-corrected chi connectivity index (χ3v) is 3.43. The number of aliphatic hydroxyl groups excluding tert-OH is 1. The molecular formula is C11H17NO. The van der Waals surface area contributed by atoms with Crippen molar-refractivity contribution in [3.63, 3.8) is 0 Å². The molecule has 2 nitrogen and oxygen atoms in total. The Kier molecular flexibility index (Phi) is 2.57. The van der Waals surface area contributed by atoms with Gasteiger partial charge in [0.1, 0.15) is 0 Å². The summed E-state index contributed by atoms with van der Waals surface area (Å²) in [5.74, 6) is 3.05. The first kappa shape index (κ1) is 9.05. The van der Waals surface area contributed by atoms with E-state index in [4.69, 9.17) is 6.42 Å². The minimum Gasteiger partial charge on any atom is -0.393 e. The van der Waals surface area contributed by atoms with Gasteiger partial charge in [-0.2, -0.15) is 0 Å². The van der Waals surface area contributed by atoms with Crippen LogP contribution in [0.4, 0.5) is 0 Å². The first-order valence-electron chi connectivity index (χ1n) is 5.19. The average molecular weight is 179 g/mol. The lowest BCUT2D eigenvalue weighted by molar-refractivity contribution is 0.0862. The van der Waals surface area contributed by atoms with Gasteiger partial charge in [-0.05, 0) is 25.7 Å². The predicted molar refractivity (Wildman–Crippen MR) is 52.1 cm³/mol. The molecule has 72 valence electrons. The molecule has 4 atom stereocenters. The van der Waals surface area contributed by atoms with E-state index in [1.54, 1.807) is 0 Å². The van der Waals surface area contributed by atoms with Gasteiger partial charge in [0.25, 0.3) is 0 Å². The van der Waals surface area contributed by atoms with Crippen molar-refractivity contribution in [2.75, 3.05) is 0 Å². The third kappa shape index (κ3) is 1.72. The van der Waals surface area contributed by atoms with Gasteiger partial charge in [-0.15, -0.1) is 12.3 Å². The molecule has 0 aromatic carbocycles. The second-order valence-electron chi connectivity index (χ2n) is 4.26. The number of fused-ring (bicyclic) bond motifs is 2. The molecular weight excluding hydrogens is 162 g/mol. The summed E-state index contributed by atoms with van der Waals surface area (Å²) in [6, 6.07) is 1.24. The van der Waals surface area contributed by atoms with Crippen molar-refractivity contribution in [2.24, 2.45) is 5.92 Å². The number of hydrogen-bond acceptors (Lipinski definition) is 2. The fraction of sp³-hybridized carbons (Fsp3) is 0.818. The summed E-state index contributed by atoms with van der Waals surface area (Å²) in [5, 5.41) is 13.4. The first-order chi connectivity index (χ1) is 6.31. The predicted octanol–water partition coefficient (Wildman–Crippen LogP) is 0.901. The van der Waals surface area contributed by atoms with Crippen molar-refractivity contribution < 1.29 is 5.11 Å². The lowest BCUT2D eigenvalue weighted by Gasteiger charge is -2.24. The Hall–Kier alpha value is -0.520. The molecule has 0 amide bonds. The van der Waals surface area contributed by atoms with Gasteiger partial charge in [0.15, 0.2) is 0 Å². The SMILES string of the molecule is C#CCCC(O)C1CC2CCC1N2. The van der Waals surface area contributed by atoms with E-state index < -0.39 is 0 Å². The van der Waals surface area contributed by atoms with Gasteiger partial charge in [-0.3, -0.25) is 0 Å². The van der Waals surface area contributed by atoms with Crippen LogP contribution in [0.25, 0.3) is 0 Å². The summed E-state index contributed by atoms with van der Waals surface area (Å²) >= 11 is 0. The van der Waals surface area contributed by atoms with Crippen molar-refractivity contribution in [2.45, 2.75) is 50.3 Å². The largest absolute Gasteiger partial charge is 0.393 e. The molecule has 2 rings (SSSR count). The molecule has 2 heterocycles. The summed E-state index contributed by atoms with van der Waals surface area (Å²) in [4.78, 5) is 0. The third-order valence-electron chi connectivity index (χ3n) is 3.43.